The predicted molar refractivity (Wildman–Crippen MR) is 163 cm³/mol. The second kappa shape index (κ2) is 14.9. The van der Waals surface area contributed by atoms with Crippen LogP contribution in [-0.4, -0.2) is 72.6 Å². The van der Waals surface area contributed by atoms with Crippen molar-refractivity contribution in [2.75, 3.05) is 38.0 Å². The van der Waals surface area contributed by atoms with Crippen LogP contribution >= 0.6 is 0 Å². The Bertz CT molecular complexity index is 1190. The summed E-state index contributed by atoms with van der Waals surface area (Å²) in [6.45, 7) is 7.12. The Balaban J connectivity index is 1.36. The van der Waals surface area contributed by atoms with Crippen LogP contribution in [0.4, 0.5) is 15.3 Å². The Hall–Kier alpha value is -3.59. The van der Waals surface area contributed by atoms with Crippen LogP contribution in [0.15, 0.2) is 42.5 Å². The molecule has 2 aromatic rings. The molecule has 5 amide bonds. The molecular formula is C32H46N6O3. The first-order valence-corrected chi connectivity index (χ1v) is 15.2. The van der Waals surface area contributed by atoms with Gasteiger partial charge in [0.15, 0.2) is 0 Å². The topological polar surface area (TPSA) is 120 Å². The number of urea groups is 2. The molecule has 1 saturated heterocycles. The van der Waals surface area contributed by atoms with E-state index in [1.807, 2.05) is 23.1 Å². The molecule has 2 aliphatic rings. The number of anilines is 1. The zero-order valence-corrected chi connectivity index (χ0v) is 24.6. The number of amides is 5. The zero-order valence-electron chi connectivity index (χ0n) is 24.6. The number of hydrogen-bond acceptors (Lipinski definition) is 4. The second-order valence-corrected chi connectivity index (χ2v) is 11.1. The smallest absolute Gasteiger partial charge is 0.322 e. The second-order valence-electron chi connectivity index (χ2n) is 11.1. The summed E-state index contributed by atoms with van der Waals surface area (Å²) in [5, 5.41) is 9.06. The van der Waals surface area contributed by atoms with Gasteiger partial charge in [0, 0.05) is 44.3 Å². The number of nitrogens with zero attached hydrogens (tertiary/aromatic N) is 2. The van der Waals surface area contributed by atoms with Gasteiger partial charge in [-0.05, 0) is 79.8 Å². The van der Waals surface area contributed by atoms with Crippen LogP contribution in [0.2, 0.25) is 0 Å². The number of para-hydroxylation sites is 1. The maximum atomic E-state index is 13.4. The van der Waals surface area contributed by atoms with Gasteiger partial charge in [0.1, 0.15) is 6.04 Å². The molecule has 222 valence electrons. The van der Waals surface area contributed by atoms with Crippen molar-refractivity contribution >= 4 is 23.7 Å². The van der Waals surface area contributed by atoms with Crippen LogP contribution in [0.5, 0.6) is 0 Å². The molecule has 1 atom stereocenters. The minimum atomic E-state index is -0.676. The van der Waals surface area contributed by atoms with Gasteiger partial charge in [0.2, 0.25) is 5.91 Å². The molecular weight excluding hydrogens is 516 g/mol. The molecule has 0 unspecified atom stereocenters. The van der Waals surface area contributed by atoms with Gasteiger partial charge in [0.25, 0.3) is 0 Å². The average molecular weight is 563 g/mol. The summed E-state index contributed by atoms with van der Waals surface area (Å²) < 4.78 is 0. The van der Waals surface area contributed by atoms with Crippen LogP contribution in [0.1, 0.15) is 61.8 Å². The average Bonchev–Trinajstić information content (AvgIpc) is 3.16. The maximum absolute atomic E-state index is 13.4. The largest absolute Gasteiger partial charge is 0.354 e. The summed E-state index contributed by atoms with van der Waals surface area (Å²) in [5.41, 5.74) is 11.2. The van der Waals surface area contributed by atoms with E-state index < -0.39 is 6.04 Å². The van der Waals surface area contributed by atoms with Gasteiger partial charge < -0.3 is 31.5 Å². The van der Waals surface area contributed by atoms with Crippen molar-refractivity contribution in [1.82, 2.24) is 20.4 Å². The Morgan fingerprint density at radius 2 is 1.78 bits per heavy atom. The van der Waals surface area contributed by atoms with Crippen LogP contribution in [0.3, 0.4) is 0 Å². The number of unbranched alkanes of at least 4 members (excludes halogenated alkanes) is 1. The number of hydrogen-bond donors (Lipinski definition) is 4. The van der Waals surface area contributed by atoms with E-state index in [2.05, 4.69) is 54.1 Å². The van der Waals surface area contributed by atoms with Crippen LogP contribution in [-0.2, 0) is 30.5 Å². The molecule has 2 heterocycles. The molecule has 0 bridgehead atoms. The number of nitrogens with two attached hydrogens (primary N) is 1. The third kappa shape index (κ3) is 8.00. The Labute approximate surface area is 244 Å². The number of piperidine rings is 1. The summed E-state index contributed by atoms with van der Waals surface area (Å²) >= 11 is 0. The van der Waals surface area contributed by atoms with Crippen LogP contribution < -0.4 is 21.7 Å². The lowest BCUT2D eigenvalue weighted by atomic mass is 9.96. The highest BCUT2D eigenvalue weighted by molar-refractivity contribution is 5.91. The number of nitrogens with one attached hydrogen (secondary N) is 3. The molecule has 4 rings (SSSR count). The number of fused-ring (bicyclic) bond motifs is 1. The molecule has 5 N–H and O–H groups in total. The minimum absolute atomic E-state index is 0.0690. The Morgan fingerprint density at radius 1 is 1.02 bits per heavy atom. The van der Waals surface area contributed by atoms with Crippen molar-refractivity contribution in [3.05, 3.63) is 64.7 Å². The quantitative estimate of drug-likeness (QED) is 0.311. The molecule has 2 aromatic carbocycles. The SMILES string of the molecule is CCc1ccc(C[C@@H](NC(=O)N2CCC(N3CCc4ccccc4NC3=O)CC2)C(=O)NCCCCN)cc1CC. The molecule has 0 aromatic heterocycles. The van der Waals surface area contributed by atoms with E-state index in [9.17, 15) is 14.4 Å². The first-order chi connectivity index (χ1) is 19.9. The summed E-state index contributed by atoms with van der Waals surface area (Å²) in [6, 6.07) is 13.4. The lowest BCUT2D eigenvalue weighted by Gasteiger charge is -2.38. The van der Waals surface area contributed by atoms with E-state index >= 15 is 0 Å². The van der Waals surface area contributed by atoms with Gasteiger partial charge in [-0.1, -0.05) is 50.2 Å². The molecule has 9 heteroatoms. The van der Waals surface area contributed by atoms with Crippen LogP contribution in [0, 0.1) is 0 Å². The Morgan fingerprint density at radius 3 is 2.51 bits per heavy atom. The molecule has 1 fully saturated rings. The number of aryl methyl sites for hydroxylation is 2. The van der Waals surface area contributed by atoms with E-state index in [4.69, 9.17) is 5.73 Å². The number of benzene rings is 2. The molecule has 0 radical (unpaired) electrons. The van der Waals surface area contributed by atoms with Crippen molar-refractivity contribution in [2.24, 2.45) is 5.73 Å². The van der Waals surface area contributed by atoms with Crippen LogP contribution in [0.25, 0.3) is 0 Å². The van der Waals surface area contributed by atoms with E-state index in [0.717, 1.165) is 48.9 Å². The molecule has 2 aliphatic heterocycles. The lowest BCUT2D eigenvalue weighted by Crippen LogP contribution is -2.55. The zero-order chi connectivity index (χ0) is 29.2. The number of likely N-dealkylation sites (tertiary alicyclic amines) is 1. The highest BCUT2D eigenvalue weighted by Gasteiger charge is 2.32. The van der Waals surface area contributed by atoms with Gasteiger partial charge in [-0.2, -0.15) is 0 Å². The molecule has 41 heavy (non-hydrogen) atoms. The highest BCUT2D eigenvalue weighted by Crippen LogP contribution is 2.24. The monoisotopic (exact) mass is 562 g/mol. The van der Waals surface area contributed by atoms with Gasteiger partial charge in [-0.3, -0.25) is 4.79 Å². The fraction of sp³-hybridized carbons (Fsp3) is 0.531. The third-order valence-corrected chi connectivity index (χ3v) is 8.35. The van der Waals surface area contributed by atoms with Crippen molar-refractivity contribution in [2.45, 2.75) is 77.3 Å². The van der Waals surface area contributed by atoms with Gasteiger partial charge in [-0.15, -0.1) is 0 Å². The van der Waals surface area contributed by atoms with E-state index in [1.165, 1.54) is 11.1 Å². The number of rotatable bonds is 11. The van der Waals surface area contributed by atoms with Crippen molar-refractivity contribution in [3.8, 4) is 0 Å². The summed E-state index contributed by atoms with van der Waals surface area (Å²) in [6.07, 6.45) is 6.16. The standard InChI is InChI=1S/C32H46N6O3/c1-3-24-12-11-23(21-25(24)4-2)22-29(30(39)34-17-8-7-16-33)36-31(40)37-18-14-27(15-19-37)38-20-13-26-9-5-6-10-28(26)35-32(38)41/h5-6,9-12,21,27,29H,3-4,7-8,13-20,22,33H2,1-2H3,(H,34,39)(H,35,41)(H,36,40)/t29-/m1/s1. The van der Waals surface area contributed by atoms with Crippen molar-refractivity contribution < 1.29 is 14.4 Å². The number of carbonyl (C=O) groups excluding carboxylic acids is 3. The fourth-order valence-electron chi connectivity index (χ4n) is 5.89. The number of carbonyl (C=O) groups is 3. The van der Waals surface area contributed by atoms with E-state index in [0.29, 0.717) is 52.0 Å². The highest BCUT2D eigenvalue weighted by atomic mass is 16.2. The summed E-state index contributed by atoms with van der Waals surface area (Å²) in [7, 11) is 0. The van der Waals surface area contributed by atoms with E-state index in [1.54, 1.807) is 4.90 Å². The molecule has 0 spiro atoms. The first-order valence-electron chi connectivity index (χ1n) is 15.2. The third-order valence-electron chi connectivity index (χ3n) is 8.35. The summed E-state index contributed by atoms with van der Waals surface area (Å²) in [4.78, 5) is 43.2. The predicted octanol–water partition coefficient (Wildman–Crippen LogP) is 3.84. The van der Waals surface area contributed by atoms with E-state index in [-0.39, 0.29) is 24.0 Å². The minimum Gasteiger partial charge on any atom is -0.354 e. The summed E-state index contributed by atoms with van der Waals surface area (Å²) in [5.74, 6) is -0.177. The molecule has 0 saturated carbocycles. The Kier molecular flexibility index (Phi) is 11.0. The maximum Gasteiger partial charge on any atom is 0.322 e. The van der Waals surface area contributed by atoms with Gasteiger partial charge in [-0.25, -0.2) is 9.59 Å². The van der Waals surface area contributed by atoms with Crippen molar-refractivity contribution in [3.63, 3.8) is 0 Å². The molecule has 0 aliphatic carbocycles. The van der Waals surface area contributed by atoms with Gasteiger partial charge in [0.05, 0.1) is 0 Å². The first kappa shape index (κ1) is 30.4. The fourth-order valence-corrected chi connectivity index (χ4v) is 5.89. The molecule has 9 nitrogen and oxygen atoms in total. The van der Waals surface area contributed by atoms with Crippen molar-refractivity contribution in [1.29, 1.82) is 0 Å². The van der Waals surface area contributed by atoms with Gasteiger partial charge >= 0.3 is 12.1 Å². The normalized spacial score (nSPS) is 16.4. The lowest BCUT2D eigenvalue weighted by molar-refractivity contribution is -0.123.